The Labute approximate surface area is 182 Å². The highest BCUT2D eigenvalue weighted by Gasteiger charge is 2.27. The highest BCUT2D eigenvalue weighted by atomic mass is 35.5. The van der Waals surface area contributed by atoms with Crippen LogP contribution in [0.2, 0.25) is 15.5 Å². The van der Waals surface area contributed by atoms with E-state index in [2.05, 4.69) is 36.7 Å². The van der Waals surface area contributed by atoms with Gasteiger partial charge in [0.05, 0.1) is 10.7 Å². The molecule has 1 aliphatic rings. The maximum Gasteiger partial charge on any atom is 0.224 e. The summed E-state index contributed by atoms with van der Waals surface area (Å²) in [4.78, 5) is 21.3. The summed E-state index contributed by atoms with van der Waals surface area (Å²) in [7, 11) is 0. The van der Waals surface area contributed by atoms with E-state index in [1.54, 1.807) is 24.5 Å². The van der Waals surface area contributed by atoms with Gasteiger partial charge in [0.1, 0.15) is 11.6 Å². The SMILES string of the molecule is C[C@H]1CN(c2nccnc2Cl)CCN1c1cc(-c2ccc(Cl)c(F)c2)nc(Cl)n1. The van der Waals surface area contributed by atoms with Crippen LogP contribution in [0.15, 0.2) is 36.7 Å². The average Bonchev–Trinajstić information content (AvgIpc) is 2.70. The third kappa shape index (κ3) is 4.22. The lowest BCUT2D eigenvalue weighted by Crippen LogP contribution is -2.52. The zero-order valence-electron chi connectivity index (χ0n) is 15.4. The van der Waals surface area contributed by atoms with Crippen LogP contribution >= 0.6 is 34.8 Å². The third-order valence-electron chi connectivity index (χ3n) is 4.76. The monoisotopic (exact) mass is 452 g/mol. The van der Waals surface area contributed by atoms with Gasteiger partial charge in [0.15, 0.2) is 11.0 Å². The van der Waals surface area contributed by atoms with Gasteiger partial charge >= 0.3 is 0 Å². The fourth-order valence-electron chi connectivity index (χ4n) is 3.37. The zero-order valence-corrected chi connectivity index (χ0v) is 17.6. The van der Waals surface area contributed by atoms with Crippen molar-refractivity contribution in [2.24, 2.45) is 0 Å². The fourth-order valence-corrected chi connectivity index (χ4v) is 3.89. The van der Waals surface area contributed by atoms with E-state index < -0.39 is 5.82 Å². The number of hydrogen-bond acceptors (Lipinski definition) is 6. The van der Waals surface area contributed by atoms with Gasteiger partial charge in [0.2, 0.25) is 5.28 Å². The van der Waals surface area contributed by atoms with Crippen molar-refractivity contribution in [1.29, 1.82) is 0 Å². The first-order valence-corrected chi connectivity index (χ1v) is 10.0. The van der Waals surface area contributed by atoms with E-state index in [0.717, 1.165) is 0 Å². The van der Waals surface area contributed by atoms with Gasteiger partial charge in [0, 0.05) is 49.7 Å². The number of hydrogen-bond donors (Lipinski definition) is 0. The second kappa shape index (κ2) is 8.26. The molecular weight excluding hydrogens is 438 g/mol. The first-order valence-electron chi connectivity index (χ1n) is 8.90. The predicted octanol–water partition coefficient (Wildman–Crippen LogP) is 4.75. The number of anilines is 2. The topological polar surface area (TPSA) is 58.0 Å². The number of piperazine rings is 1. The van der Waals surface area contributed by atoms with E-state index in [9.17, 15) is 4.39 Å². The number of aromatic nitrogens is 4. The quantitative estimate of drug-likeness (QED) is 0.534. The molecule has 150 valence electrons. The largest absolute Gasteiger partial charge is 0.350 e. The maximum atomic E-state index is 13.9. The Morgan fingerprint density at radius 2 is 1.83 bits per heavy atom. The molecule has 0 unspecified atom stereocenters. The lowest BCUT2D eigenvalue weighted by atomic mass is 10.1. The molecule has 1 saturated heterocycles. The molecule has 6 nitrogen and oxygen atoms in total. The minimum atomic E-state index is -0.511. The van der Waals surface area contributed by atoms with Crippen molar-refractivity contribution in [3.63, 3.8) is 0 Å². The Kier molecular flexibility index (Phi) is 5.72. The van der Waals surface area contributed by atoms with Crippen molar-refractivity contribution in [2.45, 2.75) is 13.0 Å². The van der Waals surface area contributed by atoms with Gasteiger partial charge in [0.25, 0.3) is 0 Å². The number of halogens is 4. The summed E-state index contributed by atoms with van der Waals surface area (Å²) < 4.78 is 13.9. The lowest BCUT2D eigenvalue weighted by Gasteiger charge is -2.41. The Morgan fingerprint density at radius 1 is 1.03 bits per heavy atom. The third-order valence-corrected chi connectivity index (χ3v) is 5.50. The molecule has 0 bridgehead atoms. The van der Waals surface area contributed by atoms with Gasteiger partial charge in [-0.25, -0.2) is 24.3 Å². The molecule has 29 heavy (non-hydrogen) atoms. The van der Waals surface area contributed by atoms with E-state index in [0.29, 0.717) is 47.7 Å². The van der Waals surface area contributed by atoms with Crippen LogP contribution in [-0.2, 0) is 0 Å². The van der Waals surface area contributed by atoms with Crippen LogP contribution in [0.1, 0.15) is 6.92 Å². The van der Waals surface area contributed by atoms with Crippen LogP contribution < -0.4 is 9.80 Å². The Bertz CT molecular complexity index is 1050. The van der Waals surface area contributed by atoms with E-state index >= 15 is 0 Å². The van der Waals surface area contributed by atoms with E-state index in [1.807, 2.05) is 0 Å². The van der Waals surface area contributed by atoms with Crippen LogP contribution in [0.3, 0.4) is 0 Å². The molecule has 0 saturated carbocycles. The first kappa shape index (κ1) is 20.1. The highest BCUT2D eigenvalue weighted by Crippen LogP contribution is 2.29. The second-order valence-corrected chi connectivity index (χ2v) is 7.77. The summed E-state index contributed by atoms with van der Waals surface area (Å²) >= 11 is 18.1. The molecule has 0 N–H and O–H groups in total. The molecule has 0 amide bonds. The smallest absolute Gasteiger partial charge is 0.224 e. The lowest BCUT2D eigenvalue weighted by molar-refractivity contribution is 0.542. The molecule has 2 aromatic heterocycles. The maximum absolute atomic E-state index is 13.9. The molecule has 0 spiro atoms. The van der Waals surface area contributed by atoms with Gasteiger partial charge in [-0.15, -0.1) is 0 Å². The Balaban J connectivity index is 1.60. The average molecular weight is 454 g/mol. The summed E-state index contributed by atoms with van der Waals surface area (Å²) in [6.45, 7) is 4.13. The summed E-state index contributed by atoms with van der Waals surface area (Å²) in [5.74, 6) is 0.828. The number of rotatable bonds is 3. The summed E-state index contributed by atoms with van der Waals surface area (Å²) in [6, 6.07) is 6.43. The van der Waals surface area contributed by atoms with E-state index in [4.69, 9.17) is 34.8 Å². The minimum Gasteiger partial charge on any atom is -0.350 e. The fraction of sp³-hybridized carbons (Fsp3) is 0.263. The summed E-state index contributed by atoms with van der Waals surface area (Å²) in [5.41, 5.74) is 1.11. The normalized spacial score (nSPS) is 16.9. The van der Waals surface area contributed by atoms with E-state index in [1.165, 1.54) is 12.1 Å². The van der Waals surface area contributed by atoms with Crippen LogP contribution in [0.5, 0.6) is 0 Å². The van der Waals surface area contributed by atoms with Crippen molar-refractivity contribution >= 4 is 46.4 Å². The van der Waals surface area contributed by atoms with Crippen LogP contribution in [0.25, 0.3) is 11.3 Å². The van der Waals surface area contributed by atoms with Gasteiger partial charge in [-0.2, -0.15) is 0 Å². The van der Waals surface area contributed by atoms with Crippen LogP contribution in [0, 0.1) is 5.82 Å². The van der Waals surface area contributed by atoms with Crippen LogP contribution in [-0.4, -0.2) is 45.6 Å². The zero-order chi connectivity index (χ0) is 20.5. The molecule has 1 aliphatic heterocycles. The molecule has 3 aromatic rings. The van der Waals surface area contributed by atoms with Crippen molar-refractivity contribution in [3.05, 3.63) is 57.9 Å². The molecule has 1 atom stereocenters. The molecule has 10 heteroatoms. The van der Waals surface area contributed by atoms with Gasteiger partial charge in [-0.3, -0.25) is 0 Å². The minimum absolute atomic E-state index is 0.0570. The van der Waals surface area contributed by atoms with Crippen molar-refractivity contribution < 1.29 is 4.39 Å². The molecule has 3 heterocycles. The molecule has 4 rings (SSSR count). The van der Waals surface area contributed by atoms with Gasteiger partial charge in [-0.1, -0.05) is 29.3 Å². The molecule has 0 aliphatic carbocycles. The molecule has 1 fully saturated rings. The standard InChI is InChI=1S/C19H16Cl3FN6/c1-11-10-28(18-17(21)24-4-5-25-18)6-7-29(11)16-9-15(26-19(22)27-16)12-2-3-13(20)14(23)8-12/h2-5,8-9,11H,6-7,10H2,1H3/t11-/m0/s1. The second-order valence-electron chi connectivity index (χ2n) is 6.67. The van der Waals surface area contributed by atoms with Crippen LogP contribution in [0.4, 0.5) is 16.0 Å². The predicted molar refractivity (Wildman–Crippen MR) is 114 cm³/mol. The Hall–Kier alpha value is -2.22. The van der Waals surface area contributed by atoms with Gasteiger partial charge < -0.3 is 9.80 Å². The number of benzene rings is 1. The molecular formula is C19H16Cl3FN6. The molecule has 0 radical (unpaired) electrons. The van der Waals surface area contributed by atoms with Crippen molar-refractivity contribution in [1.82, 2.24) is 19.9 Å². The van der Waals surface area contributed by atoms with Crippen molar-refractivity contribution in [2.75, 3.05) is 29.4 Å². The summed E-state index contributed by atoms with van der Waals surface area (Å²) in [6.07, 6.45) is 3.19. The van der Waals surface area contributed by atoms with Crippen molar-refractivity contribution in [3.8, 4) is 11.3 Å². The van der Waals surface area contributed by atoms with E-state index in [-0.39, 0.29) is 16.3 Å². The highest BCUT2D eigenvalue weighted by molar-refractivity contribution is 6.31. The summed E-state index contributed by atoms with van der Waals surface area (Å²) in [5, 5.41) is 0.534. The van der Waals surface area contributed by atoms with Gasteiger partial charge in [-0.05, 0) is 30.7 Å². The molecule has 1 aromatic carbocycles. The Morgan fingerprint density at radius 3 is 2.55 bits per heavy atom. The number of nitrogens with zero attached hydrogens (tertiary/aromatic N) is 6. The first-order chi connectivity index (χ1) is 13.9.